The number of amides is 1. The second kappa shape index (κ2) is 9.28. The fourth-order valence-electron chi connectivity index (χ4n) is 3.56. The maximum Gasteiger partial charge on any atom is 0.295 e. The van der Waals surface area contributed by atoms with Crippen molar-refractivity contribution in [1.82, 2.24) is 14.8 Å². The van der Waals surface area contributed by atoms with Gasteiger partial charge in [-0.2, -0.15) is 0 Å². The molecule has 1 N–H and O–H groups in total. The van der Waals surface area contributed by atoms with E-state index in [1.807, 2.05) is 19.0 Å². The number of nitrogens with zero attached hydrogens (tertiary/aromatic N) is 3. The number of ether oxygens (including phenoxy) is 1. The van der Waals surface area contributed by atoms with Gasteiger partial charge in [-0.15, -0.1) is 0 Å². The minimum absolute atomic E-state index is 0.00146. The van der Waals surface area contributed by atoms with Gasteiger partial charge in [0.1, 0.15) is 11.5 Å². The van der Waals surface area contributed by atoms with Gasteiger partial charge in [0.25, 0.3) is 11.7 Å². The monoisotopic (exact) mass is 429 g/mol. The van der Waals surface area contributed by atoms with Gasteiger partial charge in [0.15, 0.2) is 0 Å². The number of halogens is 1. The molecule has 1 atom stereocenters. The molecule has 1 aliphatic rings. The number of carbonyl (C=O) groups is 2. The number of likely N-dealkylation sites (tertiary alicyclic amines) is 1. The van der Waals surface area contributed by atoms with Crippen molar-refractivity contribution in [3.8, 4) is 5.75 Å². The smallest absolute Gasteiger partial charge is 0.295 e. The van der Waals surface area contributed by atoms with Crippen molar-refractivity contribution >= 4 is 29.1 Å². The van der Waals surface area contributed by atoms with Gasteiger partial charge in [-0.3, -0.25) is 14.6 Å². The van der Waals surface area contributed by atoms with Crippen LogP contribution in [-0.2, 0) is 9.59 Å². The highest BCUT2D eigenvalue weighted by Crippen LogP contribution is 2.41. The van der Waals surface area contributed by atoms with Gasteiger partial charge in [0, 0.05) is 24.0 Å². The van der Waals surface area contributed by atoms with Crippen LogP contribution in [0.1, 0.15) is 23.6 Å². The van der Waals surface area contributed by atoms with Gasteiger partial charge in [0.05, 0.1) is 24.3 Å². The van der Waals surface area contributed by atoms with E-state index in [0.29, 0.717) is 29.3 Å². The standard InChI is InChI=1S/C22H24ClN3O4/c1-25(2)10-5-11-26-19(14-6-4-9-24-13-14)18(21(28)22(26)29)20(27)16-12-15(23)7-8-17(16)30-3/h4,6-9,12-13,19,27H,5,10-11H2,1-3H3/b20-18+/t19-/m0/s1. The number of rotatable bonds is 7. The number of benzene rings is 1. The first kappa shape index (κ1) is 21.8. The molecule has 1 fully saturated rings. The van der Waals surface area contributed by atoms with Crippen molar-refractivity contribution in [2.75, 3.05) is 34.3 Å². The Kier molecular flexibility index (Phi) is 6.74. The van der Waals surface area contributed by atoms with Gasteiger partial charge >= 0.3 is 0 Å². The van der Waals surface area contributed by atoms with E-state index in [1.54, 1.807) is 36.7 Å². The number of aliphatic hydroxyl groups is 1. The Hall–Kier alpha value is -2.90. The second-order valence-electron chi connectivity index (χ2n) is 7.28. The molecule has 0 spiro atoms. The Morgan fingerprint density at radius 1 is 1.30 bits per heavy atom. The summed E-state index contributed by atoms with van der Waals surface area (Å²) in [4.78, 5) is 33.5. The zero-order chi connectivity index (χ0) is 21.8. The van der Waals surface area contributed by atoms with Crippen molar-refractivity contribution in [3.63, 3.8) is 0 Å². The molecule has 1 amide bonds. The zero-order valence-electron chi connectivity index (χ0n) is 17.1. The first-order chi connectivity index (χ1) is 14.3. The summed E-state index contributed by atoms with van der Waals surface area (Å²) in [5.41, 5.74) is 0.896. The third kappa shape index (κ3) is 4.32. The molecule has 1 aromatic carbocycles. The van der Waals surface area contributed by atoms with E-state index in [4.69, 9.17) is 16.3 Å². The average molecular weight is 430 g/mol. The van der Waals surface area contributed by atoms with E-state index in [2.05, 4.69) is 4.98 Å². The molecule has 158 valence electrons. The zero-order valence-corrected chi connectivity index (χ0v) is 17.9. The molecule has 0 unspecified atom stereocenters. The van der Waals surface area contributed by atoms with Crippen LogP contribution < -0.4 is 4.74 Å². The predicted octanol–water partition coefficient (Wildman–Crippen LogP) is 3.12. The normalized spacial score (nSPS) is 18.3. The lowest BCUT2D eigenvalue weighted by atomic mass is 9.96. The summed E-state index contributed by atoms with van der Waals surface area (Å²) in [6.07, 6.45) is 3.89. The minimum Gasteiger partial charge on any atom is -0.507 e. The van der Waals surface area contributed by atoms with Crippen molar-refractivity contribution in [1.29, 1.82) is 0 Å². The second-order valence-corrected chi connectivity index (χ2v) is 7.72. The van der Waals surface area contributed by atoms with Gasteiger partial charge in [-0.05, 0) is 56.9 Å². The Labute approximate surface area is 180 Å². The van der Waals surface area contributed by atoms with Crippen molar-refractivity contribution in [2.45, 2.75) is 12.5 Å². The first-order valence-electron chi connectivity index (χ1n) is 9.52. The van der Waals surface area contributed by atoms with E-state index in [9.17, 15) is 14.7 Å². The van der Waals surface area contributed by atoms with Crippen LogP contribution in [0.4, 0.5) is 0 Å². The summed E-state index contributed by atoms with van der Waals surface area (Å²) in [5.74, 6) is -1.37. The number of aliphatic hydroxyl groups excluding tert-OH is 1. The molecule has 7 nitrogen and oxygen atoms in total. The lowest BCUT2D eigenvalue weighted by Gasteiger charge is -2.25. The summed E-state index contributed by atoms with van der Waals surface area (Å²) in [7, 11) is 5.34. The number of aromatic nitrogens is 1. The fourth-order valence-corrected chi connectivity index (χ4v) is 3.73. The van der Waals surface area contributed by atoms with E-state index < -0.39 is 17.7 Å². The highest BCUT2D eigenvalue weighted by Gasteiger charge is 2.46. The van der Waals surface area contributed by atoms with E-state index >= 15 is 0 Å². The lowest BCUT2D eigenvalue weighted by Crippen LogP contribution is -2.32. The summed E-state index contributed by atoms with van der Waals surface area (Å²) in [5, 5.41) is 11.5. The molecule has 3 rings (SSSR count). The quantitative estimate of drug-likeness (QED) is 0.413. The van der Waals surface area contributed by atoms with Crippen LogP contribution in [0.25, 0.3) is 5.76 Å². The third-order valence-electron chi connectivity index (χ3n) is 4.96. The Morgan fingerprint density at radius 3 is 2.70 bits per heavy atom. The molecule has 0 radical (unpaired) electrons. The van der Waals surface area contributed by atoms with Crippen LogP contribution in [0, 0.1) is 0 Å². The van der Waals surface area contributed by atoms with Crippen LogP contribution in [0.2, 0.25) is 5.02 Å². The van der Waals surface area contributed by atoms with E-state index in [1.165, 1.54) is 18.1 Å². The summed E-state index contributed by atoms with van der Waals surface area (Å²) < 4.78 is 5.32. The Morgan fingerprint density at radius 2 is 2.07 bits per heavy atom. The number of Topliss-reactive ketones (excluding diaryl/α,β-unsaturated/α-hetero) is 1. The number of ketones is 1. The summed E-state index contributed by atoms with van der Waals surface area (Å²) in [6, 6.07) is 7.50. The predicted molar refractivity (Wildman–Crippen MR) is 114 cm³/mol. The minimum atomic E-state index is -0.746. The molecular weight excluding hydrogens is 406 g/mol. The van der Waals surface area contributed by atoms with Gasteiger partial charge in [0.2, 0.25) is 0 Å². The van der Waals surface area contributed by atoms with E-state index in [-0.39, 0.29) is 16.9 Å². The Bertz CT molecular complexity index is 976. The molecule has 1 saturated heterocycles. The number of methoxy groups -OCH3 is 1. The van der Waals surface area contributed by atoms with Gasteiger partial charge < -0.3 is 19.6 Å². The third-order valence-corrected chi connectivity index (χ3v) is 5.20. The van der Waals surface area contributed by atoms with Crippen LogP contribution in [0.15, 0.2) is 48.3 Å². The van der Waals surface area contributed by atoms with Crippen LogP contribution >= 0.6 is 11.6 Å². The maximum atomic E-state index is 13.0. The number of hydrogen-bond acceptors (Lipinski definition) is 6. The largest absolute Gasteiger partial charge is 0.507 e. The molecule has 0 aliphatic carbocycles. The first-order valence-corrected chi connectivity index (χ1v) is 9.90. The van der Waals surface area contributed by atoms with Crippen molar-refractivity contribution in [2.24, 2.45) is 0 Å². The topological polar surface area (TPSA) is 83.0 Å². The van der Waals surface area contributed by atoms with Crippen LogP contribution in [0.5, 0.6) is 5.75 Å². The van der Waals surface area contributed by atoms with E-state index in [0.717, 1.165) is 6.54 Å². The molecule has 30 heavy (non-hydrogen) atoms. The highest BCUT2D eigenvalue weighted by atomic mass is 35.5. The summed E-state index contributed by atoms with van der Waals surface area (Å²) >= 11 is 6.10. The molecule has 1 aliphatic heterocycles. The van der Waals surface area contributed by atoms with Crippen molar-refractivity contribution < 1.29 is 19.4 Å². The molecule has 8 heteroatoms. The molecule has 1 aromatic heterocycles. The van der Waals surface area contributed by atoms with Crippen LogP contribution in [-0.4, -0.2) is 65.9 Å². The van der Waals surface area contributed by atoms with Crippen molar-refractivity contribution in [3.05, 3.63) is 64.4 Å². The molecular formula is C22H24ClN3O4. The molecule has 2 heterocycles. The lowest BCUT2D eigenvalue weighted by molar-refractivity contribution is -0.139. The number of hydrogen-bond donors (Lipinski definition) is 1. The molecule has 0 bridgehead atoms. The fraction of sp³-hybridized carbons (Fsp3) is 0.318. The average Bonchev–Trinajstić information content (AvgIpc) is 2.98. The molecule has 2 aromatic rings. The van der Waals surface area contributed by atoms with Gasteiger partial charge in [-0.25, -0.2) is 0 Å². The molecule has 0 saturated carbocycles. The summed E-state index contributed by atoms with van der Waals surface area (Å²) in [6.45, 7) is 1.12. The maximum absolute atomic E-state index is 13.0. The number of carbonyl (C=O) groups excluding carboxylic acids is 2. The SMILES string of the molecule is COc1ccc(Cl)cc1/C(O)=C1\C(=O)C(=O)N(CCCN(C)C)[C@H]1c1cccnc1. The van der Waals surface area contributed by atoms with Gasteiger partial charge in [-0.1, -0.05) is 17.7 Å². The highest BCUT2D eigenvalue weighted by molar-refractivity contribution is 6.46. The van der Waals surface area contributed by atoms with Crippen LogP contribution in [0.3, 0.4) is 0 Å². The Balaban J connectivity index is 2.13. The number of pyridine rings is 1.